The highest BCUT2D eigenvalue weighted by atomic mass is 32.2. The number of nitriles is 1. The van der Waals surface area contributed by atoms with E-state index in [1.165, 1.54) is 18.2 Å². The Morgan fingerprint density at radius 2 is 2.19 bits per heavy atom. The molecule has 110 valence electrons. The number of sulfonamides is 1. The SMILES string of the molecule is N#Cc1cccc(S(=O)(=O)N2CC(=O)NCC2C(=O)O)c1. The van der Waals surface area contributed by atoms with E-state index in [2.05, 4.69) is 5.32 Å². The second kappa shape index (κ2) is 5.51. The molecule has 1 aliphatic rings. The molecular formula is C12H11N3O5S. The Labute approximate surface area is 120 Å². The van der Waals surface area contributed by atoms with Gasteiger partial charge < -0.3 is 10.4 Å². The molecule has 8 nitrogen and oxygen atoms in total. The van der Waals surface area contributed by atoms with E-state index in [4.69, 9.17) is 10.4 Å². The van der Waals surface area contributed by atoms with Gasteiger partial charge in [-0.1, -0.05) is 6.07 Å². The van der Waals surface area contributed by atoms with E-state index in [1.54, 1.807) is 6.07 Å². The Balaban J connectivity index is 2.47. The maximum Gasteiger partial charge on any atom is 0.323 e. The quantitative estimate of drug-likeness (QED) is 0.747. The normalized spacial score (nSPS) is 19.6. The molecule has 1 fully saturated rings. The number of hydrogen-bond donors (Lipinski definition) is 2. The number of carboxylic acids is 1. The smallest absolute Gasteiger partial charge is 0.323 e. The molecule has 2 N–H and O–H groups in total. The van der Waals surface area contributed by atoms with Crippen LogP contribution in [0.5, 0.6) is 0 Å². The standard InChI is InChI=1S/C12H11N3O5S/c13-5-8-2-1-3-9(4-8)21(19,20)15-7-11(16)14-6-10(15)12(17)18/h1-4,10H,6-7H2,(H,14,16)(H,17,18). The first-order valence-electron chi connectivity index (χ1n) is 5.88. The summed E-state index contributed by atoms with van der Waals surface area (Å²) in [7, 11) is -4.18. The number of amides is 1. The summed E-state index contributed by atoms with van der Waals surface area (Å²) in [5.74, 6) is -1.93. The van der Waals surface area contributed by atoms with Crippen molar-refractivity contribution in [3.63, 3.8) is 0 Å². The molecule has 0 saturated carbocycles. The number of nitrogens with one attached hydrogen (secondary N) is 1. The Morgan fingerprint density at radius 1 is 1.48 bits per heavy atom. The molecule has 1 aromatic carbocycles. The van der Waals surface area contributed by atoms with Crippen LogP contribution in [0.3, 0.4) is 0 Å². The van der Waals surface area contributed by atoms with E-state index < -0.39 is 34.5 Å². The number of aliphatic carboxylic acids is 1. The number of hydrogen-bond acceptors (Lipinski definition) is 5. The van der Waals surface area contributed by atoms with Crippen molar-refractivity contribution in [2.24, 2.45) is 0 Å². The Bertz CT molecular complexity index is 738. The van der Waals surface area contributed by atoms with Crippen molar-refractivity contribution < 1.29 is 23.1 Å². The predicted molar refractivity (Wildman–Crippen MR) is 69.5 cm³/mol. The van der Waals surface area contributed by atoms with Gasteiger partial charge in [0.25, 0.3) is 0 Å². The van der Waals surface area contributed by atoms with Gasteiger partial charge in [-0.3, -0.25) is 9.59 Å². The number of carbonyl (C=O) groups excluding carboxylic acids is 1. The molecule has 2 rings (SSSR count). The third kappa shape index (κ3) is 2.86. The van der Waals surface area contributed by atoms with E-state index >= 15 is 0 Å². The minimum absolute atomic E-state index is 0.129. The molecule has 1 unspecified atom stereocenters. The van der Waals surface area contributed by atoms with E-state index in [1.807, 2.05) is 0 Å². The van der Waals surface area contributed by atoms with Gasteiger partial charge >= 0.3 is 5.97 Å². The molecule has 1 amide bonds. The van der Waals surface area contributed by atoms with Crippen LogP contribution >= 0.6 is 0 Å². The van der Waals surface area contributed by atoms with Crippen LogP contribution in [0.1, 0.15) is 5.56 Å². The fourth-order valence-electron chi connectivity index (χ4n) is 1.94. The van der Waals surface area contributed by atoms with Crippen molar-refractivity contribution in [1.29, 1.82) is 5.26 Å². The van der Waals surface area contributed by atoms with Crippen molar-refractivity contribution in [2.45, 2.75) is 10.9 Å². The number of rotatable bonds is 3. The second-order valence-electron chi connectivity index (χ2n) is 4.35. The van der Waals surface area contributed by atoms with Gasteiger partial charge in [-0.15, -0.1) is 0 Å². The monoisotopic (exact) mass is 309 g/mol. The number of benzene rings is 1. The van der Waals surface area contributed by atoms with Gasteiger partial charge in [-0.05, 0) is 18.2 Å². The van der Waals surface area contributed by atoms with Crippen LogP contribution in [-0.2, 0) is 19.6 Å². The summed E-state index contributed by atoms with van der Waals surface area (Å²) in [6, 6.07) is 5.63. The Hall–Kier alpha value is -2.44. The van der Waals surface area contributed by atoms with Gasteiger partial charge in [0.15, 0.2) is 0 Å². The molecule has 9 heteroatoms. The molecule has 0 radical (unpaired) electrons. The minimum atomic E-state index is -4.18. The molecule has 1 heterocycles. The van der Waals surface area contributed by atoms with Gasteiger partial charge in [-0.2, -0.15) is 9.57 Å². The lowest BCUT2D eigenvalue weighted by Gasteiger charge is -2.31. The number of piperazine rings is 1. The van der Waals surface area contributed by atoms with Gasteiger partial charge in [0.1, 0.15) is 6.04 Å². The summed E-state index contributed by atoms with van der Waals surface area (Å²) in [5.41, 5.74) is 0.129. The van der Waals surface area contributed by atoms with Crippen molar-refractivity contribution in [1.82, 2.24) is 9.62 Å². The summed E-state index contributed by atoms with van der Waals surface area (Å²) < 4.78 is 25.6. The third-order valence-corrected chi connectivity index (χ3v) is 4.85. The van der Waals surface area contributed by atoms with Crippen LogP contribution in [0.25, 0.3) is 0 Å². The fourth-order valence-corrected chi connectivity index (χ4v) is 3.53. The van der Waals surface area contributed by atoms with Gasteiger partial charge in [-0.25, -0.2) is 8.42 Å². The topological polar surface area (TPSA) is 128 Å². The van der Waals surface area contributed by atoms with Crippen LogP contribution in [0.2, 0.25) is 0 Å². The van der Waals surface area contributed by atoms with E-state index in [-0.39, 0.29) is 17.0 Å². The highest BCUT2D eigenvalue weighted by Crippen LogP contribution is 2.20. The number of carbonyl (C=O) groups is 2. The molecule has 0 spiro atoms. The molecule has 1 aliphatic heterocycles. The first-order valence-corrected chi connectivity index (χ1v) is 7.32. The lowest BCUT2D eigenvalue weighted by atomic mass is 10.2. The van der Waals surface area contributed by atoms with Crippen molar-refractivity contribution in [3.8, 4) is 6.07 Å². The maximum atomic E-state index is 12.5. The van der Waals surface area contributed by atoms with Crippen molar-refractivity contribution in [2.75, 3.05) is 13.1 Å². The molecular weight excluding hydrogens is 298 g/mol. The summed E-state index contributed by atoms with van der Waals surface area (Å²) in [4.78, 5) is 22.3. The third-order valence-electron chi connectivity index (χ3n) is 2.99. The minimum Gasteiger partial charge on any atom is -0.480 e. The zero-order valence-corrected chi connectivity index (χ0v) is 11.5. The summed E-state index contributed by atoms with van der Waals surface area (Å²) in [6.07, 6.45) is 0. The van der Waals surface area contributed by atoms with Gasteiger partial charge in [0.05, 0.1) is 23.1 Å². The van der Waals surface area contributed by atoms with Crippen LogP contribution < -0.4 is 5.32 Å². The van der Waals surface area contributed by atoms with Gasteiger partial charge in [0.2, 0.25) is 15.9 Å². The predicted octanol–water partition coefficient (Wildman–Crippen LogP) is -0.868. The molecule has 1 aromatic rings. The summed E-state index contributed by atoms with van der Waals surface area (Å²) in [6.45, 7) is -0.874. The highest BCUT2D eigenvalue weighted by molar-refractivity contribution is 7.89. The van der Waals surface area contributed by atoms with Crippen LogP contribution in [-0.4, -0.2) is 48.8 Å². The van der Waals surface area contributed by atoms with Crippen molar-refractivity contribution in [3.05, 3.63) is 29.8 Å². The number of nitrogens with zero attached hydrogens (tertiary/aromatic N) is 2. The molecule has 0 bridgehead atoms. The largest absolute Gasteiger partial charge is 0.480 e. The first-order chi connectivity index (χ1) is 9.86. The molecule has 1 atom stereocenters. The number of carboxylic acid groups (broad SMARTS) is 1. The van der Waals surface area contributed by atoms with E-state index in [0.717, 1.165) is 6.07 Å². The zero-order valence-electron chi connectivity index (χ0n) is 10.7. The first kappa shape index (κ1) is 15.0. The molecule has 0 aliphatic carbocycles. The van der Waals surface area contributed by atoms with E-state index in [9.17, 15) is 18.0 Å². The van der Waals surface area contributed by atoms with Crippen LogP contribution in [0.4, 0.5) is 0 Å². The Kier molecular flexibility index (Phi) is 3.93. The maximum absolute atomic E-state index is 12.5. The zero-order chi connectivity index (χ0) is 15.6. The summed E-state index contributed by atoms with van der Waals surface area (Å²) in [5, 5.41) is 20.2. The lowest BCUT2D eigenvalue weighted by Crippen LogP contribution is -2.59. The molecule has 1 saturated heterocycles. The second-order valence-corrected chi connectivity index (χ2v) is 6.24. The van der Waals surface area contributed by atoms with Crippen LogP contribution in [0, 0.1) is 11.3 Å². The Morgan fingerprint density at radius 3 is 2.81 bits per heavy atom. The highest BCUT2D eigenvalue weighted by Gasteiger charge is 2.40. The molecule has 21 heavy (non-hydrogen) atoms. The average Bonchev–Trinajstić information content (AvgIpc) is 2.46. The summed E-state index contributed by atoms with van der Waals surface area (Å²) >= 11 is 0. The van der Waals surface area contributed by atoms with E-state index in [0.29, 0.717) is 4.31 Å². The van der Waals surface area contributed by atoms with Gasteiger partial charge in [0, 0.05) is 6.54 Å². The van der Waals surface area contributed by atoms with Crippen LogP contribution in [0.15, 0.2) is 29.2 Å². The molecule has 0 aromatic heterocycles. The average molecular weight is 309 g/mol. The lowest BCUT2D eigenvalue weighted by molar-refractivity contribution is -0.143. The van der Waals surface area contributed by atoms with Crippen molar-refractivity contribution >= 4 is 21.9 Å². The fraction of sp³-hybridized carbons (Fsp3) is 0.250.